The zero-order valence-corrected chi connectivity index (χ0v) is 23.5. The molecule has 0 heterocycles. The zero-order chi connectivity index (χ0) is 24.2. The van der Waals surface area contributed by atoms with Gasteiger partial charge in [0.2, 0.25) is 0 Å². The van der Waals surface area contributed by atoms with Crippen LogP contribution in [-0.2, 0) is 0 Å². The van der Waals surface area contributed by atoms with Crippen LogP contribution >= 0.6 is 0 Å². The first kappa shape index (κ1) is 25.3. The first-order valence-electron chi connectivity index (χ1n) is 14.4. The highest BCUT2D eigenvalue weighted by Gasteiger charge is 2.56. The third-order valence-corrected chi connectivity index (χ3v) is 11.1. The summed E-state index contributed by atoms with van der Waals surface area (Å²) in [6.45, 7) is 22.2. The van der Waals surface area contributed by atoms with E-state index >= 15 is 0 Å². The first-order valence-corrected chi connectivity index (χ1v) is 14.4. The van der Waals surface area contributed by atoms with E-state index in [-0.39, 0.29) is 0 Å². The highest BCUT2D eigenvalue weighted by atomic mass is 14.6. The zero-order valence-electron chi connectivity index (χ0n) is 23.5. The standard InChI is InChI=1S/C33H54/c1-22(2)23(3)10-11-24(4)28-14-15-29-27-13-12-26-20-25(21-31(5,6)7)16-18-32(26,8)30(27)17-19-33(28,29)9/h10-13,22-25,28-30H,14-21H2,1-9H3/b11-10+/t23-,24+,25?,28+,29-,30-,32-,33+/m0/s1. The number of allylic oxidation sites excluding steroid dienone is 6. The minimum atomic E-state index is 0.441. The Morgan fingerprint density at radius 2 is 1.64 bits per heavy atom. The van der Waals surface area contributed by atoms with Crippen molar-refractivity contribution in [3.8, 4) is 0 Å². The van der Waals surface area contributed by atoms with Gasteiger partial charge in [0.1, 0.15) is 0 Å². The van der Waals surface area contributed by atoms with E-state index in [1.807, 2.05) is 5.57 Å². The Kier molecular flexibility index (Phi) is 6.92. The van der Waals surface area contributed by atoms with Crippen LogP contribution in [0.4, 0.5) is 0 Å². The van der Waals surface area contributed by atoms with Crippen molar-refractivity contribution in [2.24, 2.45) is 57.7 Å². The smallest absolute Gasteiger partial charge is 0.00474 e. The minimum absolute atomic E-state index is 0.441. The highest BCUT2D eigenvalue weighted by molar-refractivity contribution is 5.38. The van der Waals surface area contributed by atoms with Crippen LogP contribution in [0.1, 0.15) is 114 Å². The van der Waals surface area contributed by atoms with E-state index in [1.165, 1.54) is 51.4 Å². The summed E-state index contributed by atoms with van der Waals surface area (Å²) in [5, 5.41) is 0. The summed E-state index contributed by atoms with van der Waals surface area (Å²) in [5.74, 6) is 5.51. The molecule has 1 unspecified atom stereocenters. The number of rotatable bonds is 5. The van der Waals surface area contributed by atoms with E-state index in [2.05, 4.69) is 86.6 Å². The predicted molar refractivity (Wildman–Crippen MR) is 145 cm³/mol. The van der Waals surface area contributed by atoms with Gasteiger partial charge in [-0.1, -0.05) is 97.8 Å². The summed E-state index contributed by atoms with van der Waals surface area (Å²) >= 11 is 0. The van der Waals surface area contributed by atoms with Gasteiger partial charge in [-0.05, 0) is 109 Å². The lowest BCUT2D eigenvalue weighted by atomic mass is 9.49. The van der Waals surface area contributed by atoms with Gasteiger partial charge in [0.15, 0.2) is 0 Å². The molecule has 0 bridgehead atoms. The molecule has 3 fully saturated rings. The molecule has 33 heavy (non-hydrogen) atoms. The topological polar surface area (TPSA) is 0 Å². The lowest BCUT2D eigenvalue weighted by molar-refractivity contribution is 0.0506. The van der Waals surface area contributed by atoms with E-state index in [1.54, 1.807) is 5.57 Å². The second kappa shape index (κ2) is 9.02. The summed E-state index contributed by atoms with van der Waals surface area (Å²) in [5.41, 5.74) is 5.06. The SMILES string of the molecule is CC(C)[C@@H](C)/C=C/[C@@H](C)[C@H]1CC[C@H]2C3=CC=C4CC(CC(C)(C)C)CC[C@]4(C)[C@H]3CC[C@]12C. The quantitative estimate of drug-likeness (QED) is 0.365. The third-order valence-electron chi connectivity index (χ3n) is 11.1. The fourth-order valence-electron chi connectivity index (χ4n) is 8.73. The molecule has 0 amide bonds. The van der Waals surface area contributed by atoms with Crippen molar-refractivity contribution in [1.29, 1.82) is 0 Å². The molecular weight excluding hydrogens is 396 g/mol. The molecule has 8 atom stereocenters. The Bertz CT molecular complexity index is 800. The van der Waals surface area contributed by atoms with Crippen molar-refractivity contribution in [3.05, 3.63) is 35.5 Å². The van der Waals surface area contributed by atoms with Crippen LogP contribution in [0, 0.1) is 57.7 Å². The Labute approximate surface area is 206 Å². The van der Waals surface area contributed by atoms with Gasteiger partial charge in [0.05, 0.1) is 0 Å². The van der Waals surface area contributed by atoms with Gasteiger partial charge >= 0.3 is 0 Å². The Balaban J connectivity index is 1.53. The van der Waals surface area contributed by atoms with Gasteiger partial charge in [-0.15, -0.1) is 0 Å². The molecule has 4 aliphatic carbocycles. The van der Waals surface area contributed by atoms with Gasteiger partial charge in [0.25, 0.3) is 0 Å². The molecule has 0 nitrogen and oxygen atoms in total. The summed E-state index contributed by atoms with van der Waals surface area (Å²) in [6, 6.07) is 0. The minimum Gasteiger partial charge on any atom is -0.0852 e. The molecule has 0 radical (unpaired) electrons. The van der Waals surface area contributed by atoms with Crippen molar-refractivity contribution in [1.82, 2.24) is 0 Å². The first-order chi connectivity index (χ1) is 15.3. The normalized spacial score (nSPS) is 40.7. The van der Waals surface area contributed by atoms with E-state index in [0.29, 0.717) is 28.1 Å². The highest BCUT2D eigenvalue weighted by Crippen LogP contribution is 2.66. The van der Waals surface area contributed by atoms with Gasteiger partial charge in [0, 0.05) is 0 Å². The number of hydrogen-bond donors (Lipinski definition) is 0. The molecule has 0 spiro atoms. The molecule has 4 aliphatic rings. The Morgan fingerprint density at radius 3 is 2.30 bits per heavy atom. The van der Waals surface area contributed by atoms with Crippen molar-refractivity contribution < 1.29 is 0 Å². The monoisotopic (exact) mass is 450 g/mol. The number of hydrogen-bond acceptors (Lipinski definition) is 0. The summed E-state index contributed by atoms with van der Waals surface area (Å²) in [4.78, 5) is 0. The van der Waals surface area contributed by atoms with Crippen LogP contribution < -0.4 is 0 Å². The predicted octanol–water partition coefficient (Wildman–Crippen LogP) is 10.0. The van der Waals surface area contributed by atoms with E-state index in [4.69, 9.17) is 0 Å². The van der Waals surface area contributed by atoms with Crippen LogP contribution in [0.25, 0.3) is 0 Å². The molecule has 0 heteroatoms. The molecule has 0 saturated heterocycles. The second-order valence-electron chi connectivity index (χ2n) is 14.8. The van der Waals surface area contributed by atoms with Crippen LogP contribution in [0.3, 0.4) is 0 Å². The molecule has 0 aromatic rings. The van der Waals surface area contributed by atoms with Gasteiger partial charge in [-0.3, -0.25) is 0 Å². The average Bonchev–Trinajstić information content (AvgIpc) is 3.08. The average molecular weight is 451 g/mol. The van der Waals surface area contributed by atoms with Gasteiger partial charge < -0.3 is 0 Å². The van der Waals surface area contributed by atoms with Crippen LogP contribution in [-0.4, -0.2) is 0 Å². The Morgan fingerprint density at radius 1 is 0.909 bits per heavy atom. The van der Waals surface area contributed by atoms with Crippen molar-refractivity contribution in [2.45, 2.75) is 114 Å². The molecule has 0 aliphatic heterocycles. The molecular formula is C33H54. The van der Waals surface area contributed by atoms with E-state index < -0.39 is 0 Å². The van der Waals surface area contributed by atoms with Crippen LogP contribution in [0.2, 0.25) is 0 Å². The lowest BCUT2D eigenvalue weighted by Gasteiger charge is -2.55. The molecule has 0 aromatic heterocycles. The van der Waals surface area contributed by atoms with Gasteiger partial charge in [-0.2, -0.15) is 0 Å². The summed E-state index contributed by atoms with van der Waals surface area (Å²) < 4.78 is 0. The van der Waals surface area contributed by atoms with Gasteiger partial charge in [-0.25, -0.2) is 0 Å². The molecule has 0 N–H and O–H groups in total. The molecule has 186 valence electrons. The Hall–Kier alpha value is -0.780. The maximum atomic E-state index is 2.67. The third kappa shape index (κ3) is 4.71. The molecule has 0 aromatic carbocycles. The molecule has 3 saturated carbocycles. The summed E-state index contributed by atoms with van der Waals surface area (Å²) in [6.07, 6.45) is 21.7. The molecule has 4 rings (SSSR count). The van der Waals surface area contributed by atoms with Crippen molar-refractivity contribution >= 4 is 0 Å². The fraction of sp³-hybridized carbons (Fsp3) is 0.818. The maximum absolute atomic E-state index is 2.67. The van der Waals surface area contributed by atoms with E-state index in [0.717, 1.165) is 29.6 Å². The van der Waals surface area contributed by atoms with Crippen molar-refractivity contribution in [2.75, 3.05) is 0 Å². The summed E-state index contributed by atoms with van der Waals surface area (Å²) in [7, 11) is 0. The van der Waals surface area contributed by atoms with Crippen molar-refractivity contribution in [3.63, 3.8) is 0 Å². The number of fused-ring (bicyclic) bond motifs is 5. The van der Waals surface area contributed by atoms with E-state index in [9.17, 15) is 0 Å². The largest absolute Gasteiger partial charge is 0.0852 e. The van der Waals surface area contributed by atoms with Crippen LogP contribution in [0.5, 0.6) is 0 Å². The second-order valence-corrected chi connectivity index (χ2v) is 14.8. The lowest BCUT2D eigenvalue weighted by Crippen LogP contribution is -2.46. The fourth-order valence-corrected chi connectivity index (χ4v) is 8.73. The van der Waals surface area contributed by atoms with Crippen LogP contribution in [0.15, 0.2) is 35.5 Å². The maximum Gasteiger partial charge on any atom is -0.00474 e.